The minimum absolute atomic E-state index is 0.0636. The standard InChI is InChI=1S/C47H90O6/c1-4-7-10-13-15-17-19-21-22-23-24-26-28-30-32-35-38-41-47(50)53-44(42-51-45(48)39-36-33-12-9-6-3)43-52-46(49)40-37-34-31-29-27-25-20-18-16-14-11-8-5-2/h44H,4-43H2,1-3H3/t44-/m0/s1. The molecule has 0 aliphatic heterocycles. The third kappa shape index (κ3) is 41.4. The van der Waals surface area contributed by atoms with Gasteiger partial charge >= 0.3 is 17.9 Å². The van der Waals surface area contributed by atoms with Gasteiger partial charge in [0.05, 0.1) is 0 Å². The highest BCUT2D eigenvalue weighted by molar-refractivity contribution is 5.71. The maximum absolute atomic E-state index is 12.7. The summed E-state index contributed by atoms with van der Waals surface area (Å²) in [5.74, 6) is -0.863. The van der Waals surface area contributed by atoms with Crippen LogP contribution in [0.4, 0.5) is 0 Å². The molecule has 0 aromatic carbocycles. The molecule has 0 amide bonds. The van der Waals surface area contributed by atoms with E-state index in [0.29, 0.717) is 19.3 Å². The van der Waals surface area contributed by atoms with Crippen LogP contribution >= 0.6 is 0 Å². The molecule has 314 valence electrons. The first-order chi connectivity index (χ1) is 26.0. The Balaban J connectivity index is 4.15. The molecule has 0 saturated heterocycles. The molecule has 0 N–H and O–H groups in total. The van der Waals surface area contributed by atoms with Crippen LogP contribution in [-0.2, 0) is 28.6 Å². The Morgan fingerprint density at radius 3 is 0.755 bits per heavy atom. The maximum atomic E-state index is 12.7. The second-order valence-electron chi connectivity index (χ2n) is 16.0. The number of ether oxygens (including phenoxy) is 3. The quantitative estimate of drug-likeness (QED) is 0.0351. The van der Waals surface area contributed by atoms with E-state index in [0.717, 1.165) is 64.2 Å². The molecule has 1 atom stereocenters. The Kier molecular flexibility index (Phi) is 41.8. The van der Waals surface area contributed by atoms with Crippen LogP contribution in [0.2, 0.25) is 0 Å². The van der Waals surface area contributed by atoms with Gasteiger partial charge in [0.25, 0.3) is 0 Å². The van der Waals surface area contributed by atoms with Crippen molar-refractivity contribution in [1.82, 2.24) is 0 Å². The van der Waals surface area contributed by atoms with E-state index in [4.69, 9.17) is 14.2 Å². The summed E-state index contributed by atoms with van der Waals surface area (Å²) in [5.41, 5.74) is 0. The van der Waals surface area contributed by atoms with Crippen LogP contribution in [-0.4, -0.2) is 37.2 Å². The molecule has 0 unspecified atom stereocenters. The number of hydrogen-bond donors (Lipinski definition) is 0. The Morgan fingerprint density at radius 1 is 0.302 bits per heavy atom. The predicted octanol–water partition coefficient (Wildman–Crippen LogP) is 14.9. The van der Waals surface area contributed by atoms with Gasteiger partial charge in [-0.1, -0.05) is 226 Å². The van der Waals surface area contributed by atoms with E-state index in [-0.39, 0.29) is 31.1 Å². The maximum Gasteiger partial charge on any atom is 0.306 e. The third-order valence-corrected chi connectivity index (χ3v) is 10.6. The highest BCUT2D eigenvalue weighted by atomic mass is 16.6. The van der Waals surface area contributed by atoms with Gasteiger partial charge in [-0.05, 0) is 19.3 Å². The summed E-state index contributed by atoms with van der Waals surface area (Å²) < 4.78 is 16.6. The number of hydrogen-bond acceptors (Lipinski definition) is 6. The molecule has 0 saturated carbocycles. The molecule has 0 spiro atoms. The van der Waals surface area contributed by atoms with Crippen molar-refractivity contribution in [3.8, 4) is 0 Å². The molecule has 6 nitrogen and oxygen atoms in total. The van der Waals surface area contributed by atoms with E-state index in [1.165, 1.54) is 161 Å². The summed E-state index contributed by atoms with van der Waals surface area (Å²) in [6.07, 6.45) is 44.0. The average molecular weight is 751 g/mol. The van der Waals surface area contributed by atoms with Gasteiger partial charge in [-0.2, -0.15) is 0 Å². The van der Waals surface area contributed by atoms with Crippen molar-refractivity contribution in [1.29, 1.82) is 0 Å². The third-order valence-electron chi connectivity index (χ3n) is 10.6. The number of unbranched alkanes of at least 4 members (excludes halogenated alkanes) is 32. The van der Waals surface area contributed by atoms with Crippen LogP contribution in [0.15, 0.2) is 0 Å². The molecule has 0 aromatic heterocycles. The summed E-state index contributed by atoms with van der Waals surface area (Å²) >= 11 is 0. The molecule has 0 fully saturated rings. The number of rotatable bonds is 43. The topological polar surface area (TPSA) is 78.9 Å². The smallest absolute Gasteiger partial charge is 0.306 e. The van der Waals surface area contributed by atoms with Crippen molar-refractivity contribution >= 4 is 17.9 Å². The first-order valence-corrected chi connectivity index (χ1v) is 23.5. The predicted molar refractivity (Wildman–Crippen MR) is 224 cm³/mol. The van der Waals surface area contributed by atoms with E-state index in [1.807, 2.05) is 0 Å². The van der Waals surface area contributed by atoms with Crippen LogP contribution in [0, 0.1) is 0 Å². The molecule has 0 rings (SSSR count). The van der Waals surface area contributed by atoms with Gasteiger partial charge in [-0.25, -0.2) is 0 Å². The molecular formula is C47H90O6. The van der Waals surface area contributed by atoms with E-state index < -0.39 is 6.10 Å². The van der Waals surface area contributed by atoms with Crippen molar-refractivity contribution in [2.75, 3.05) is 13.2 Å². The zero-order valence-corrected chi connectivity index (χ0v) is 35.8. The van der Waals surface area contributed by atoms with Gasteiger partial charge in [-0.3, -0.25) is 14.4 Å². The van der Waals surface area contributed by atoms with Crippen LogP contribution in [0.25, 0.3) is 0 Å². The lowest BCUT2D eigenvalue weighted by molar-refractivity contribution is -0.167. The summed E-state index contributed by atoms with van der Waals surface area (Å²) in [6.45, 7) is 6.58. The molecule has 0 radical (unpaired) electrons. The normalized spacial score (nSPS) is 11.8. The molecule has 0 aliphatic rings. The molecule has 0 bridgehead atoms. The molecule has 53 heavy (non-hydrogen) atoms. The lowest BCUT2D eigenvalue weighted by Gasteiger charge is -2.18. The Hall–Kier alpha value is -1.59. The van der Waals surface area contributed by atoms with Crippen LogP contribution < -0.4 is 0 Å². The lowest BCUT2D eigenvalue weighted by Crippen LogP contribution is -2.30. The van der Waals surface area contributed by atoms with E-state index in [2.05, 4.69) is 20.8 Å². The van der Waals surface area contributed by atoms with Gasteiger partial charge < -0.3 is 14.2 Å². The van der Waals surface area contributed by atoms with Crippen molar-refractivity contribution in [2.24, 2.45) is 0 Å². The van der Waals surface area contributed by atoms with Crippen LogP contribution in [0.1, 0.15) is 265 Å². The zero-order chi connectivity index (χ0) is 38.7. The second-order valence-corrected chi connectivity index (χ2v) is 16.0. The molecular weight excluding hydrogens is 661 g/mol. The Bertz CT molecular complexity index is 783. The second kappa shape index (κ2) is 43.1. The van der Waals surface area contributed by atoms with Gasteiger partial charge in [0.1, 0.15) is 13.2 Å². The minimum Gasteiger partial charge on any atom is -0.462 e. The fourth-order valence-electron chi connectivity index (χ4n) is 7.03. The highest BCUT2D eigenvalue weighted by Gasteiger charge is 2.19. The number of esters is 3. The van der Waals surface area contributed by atoms with Gasteiger partial charge in [0.15, 0.2) is 6.10 Å². The minimum atomic E-state index is -0.757. The van der Waals surface area contributed by atoms with Gasteiger partial charge in [-0.15, -0.1) is 0 Å². The number of carbonyl (C=O) groups excluding carboxylic acids is 3. The zero-order valence-electron chi connectivity index (χ0n) is 35.8. The fraction of sp³-hybridized carbons (Fsp3) is 0.936. The van der Waals surface area contributed by atoms with Crippen molar-refractivity contribution in [2.45, 2.75) is 271 Å². The molecule has 0 aliphatic carbocycles. The van der Waals surface area contributed by atoms with Crippen molar-refractivity contribution in [3.05, 3.63) is 0 Å². The summed E-state index contributed by atoms with van der Waals surface area (Å²) in [7, 11) is 0. The Labute approximate surface area is 329 Å². The lowest BCUT2D eigenvalue weighted by atomic mass is 10.0. The summed E-state index contributed by atoms with van der Waals surface area (Å²) in [6, 6.07) is 0. The SMILES string of the molecule is CCCCCCCCCCCCCCCCCCCC(=O)O[C@@H](COC(=O)CCCCCCC)COC(=O)CCCCCCCCCCCCCCC. The van der Waals surface area contributed by atoms with Crippen molar-refractivity contribution in [3.63, 3.8) is 0 Å². The molecule has 6 heteroatoms. The molecule has 0 heterocycles. The summed E-state index contributed by atoms with van der Waals surface area (Å²) in [4.78, 5) is 37.5. The number of carbonyl (C=O) groups is 3. The summed E-state index contributed by atoms with van der Waals surface area (Å²) in [5, 5.41) is 0. The van der Waals surface area contributed by atoms with Gasteiger partial charge in [0.2, 0.25) is 0 Å². The van der Waals surface area contributed by atoms with E-state index in [9.17, 15) is 14.4 Å². The first-order valence-electron chi connectivity index (χ1n) is 23.5. The average Bonchev–Trinajstić information content (AvgIpc) is 3.15. The van der Waals surface area contributed by atoms with Crippen molar-refractivity contribution < 1.29 is 28.6 Å². The van der Waals surface area contributed by atoms with E-state index >= 15 is 0 Å². The monoisotopic (exact) mass is 751 g/mol. The molecule has 0 aromatic rings. The van der Waals surface area contributed by atoms with E-state index in [1.54, 1.807) is 0 Å². The Morgan fingerprint density at radius 2 is 0.509 bits per heavy atom. The highest BCUT2D eigenvalue weighted by Crippen LogP contribution is 2.16. The van der Waals surface area contributed by atoms with Crippen LogP contribution in [0.3, 0.4) is 0 Å². The first kappa shape index (κ1) is 51.4. The van der Waals surface area contributed by atoms with Crippen LogP contribution in [0.5, 0.6) is 0 Å². The van der Waals surface area contributed by atoms with Gasteiger partial charge in [0, 0.05) is 19.3 Å². The largest absolute Gasteiger partial charge is 0.462 e. The fourth-order valence-corrected chi connectivity index (χ4v) is 7.03.